The zero-order valence-corrected chi connectivity index (χ0v) is 9.53. The zero-order chi connectivity index (χ0) is 9.73. The maximum Gasteiger partial charge on any atom is 0.0182 e. The van der Waals surface area contributed by atoms with E-state index in [1.165, 1.54) is 45.1 Å². The van der Waals surface area contributed by atoms with Crippen LogP contribution in [0.5, 0.6) is 0 Å². The molecule has 1 saturated heterocycles. The quantitative estimate of drug-likeness (QED) is 0.689. The first-order chi connectivity index (χ1) is 6.18. The summed E-state index contributed by atoms with van der Waals surface area (Å²) in [5.74, 6) is 0.858. The van der Waals surface area contributed by atoms with Crippen molar-refractivity contribution in [3.8, 4) is 0 Å². The summed E-state index contributed by atoms with van der Waals surface area (Å²) in [5, 5.41) is 3.73. The smallest absolute Gasteiger partial charge is 0.0182 e. The average molecular weight is 183 g/mol. The maximum absolute atomic E-state index is 3.73. The molecule has 13 heavy (non-hydrogen) atoms. The molecule has 1 atom stereocenters. The molecule has 1 aliphatic heterocycles. The van der Waals surface area contributed by atoms with Crippen molar-refractivity contribution in [2.75, 3.05) is 6.54 Å². The lowest BCUT2D eigenvalue weighted by atomic mass is 9.85. The molecule has 1 fully saturated rings. The summed E-state index contributed by atoms with van der Waals surface area (Å²) >= 11 is 0. The summed E-state index contributed by atoms with van der Waals surface area (Å²) in [7, 11) is 0. The van der Waals surface area contributed by atoms with E-state index < -0.39 is 0 Å². The predicted octanol–water partition coefficient (Wildman–Crippen LogP) is 3.34. The molecule has 0 bridgehead atoms. The molecular weight excluding hydrogens is 158 g/mol. The van der Waals surface area contributed by atoms with Crippen LogP contribution in [0, 0.1) is 5.92 Å². The summed E-state index contributed by atoms with van der Waals surface area (Å²) < 4.78 is 0. The van der Waals surface area contributed by atoms with Crippen molar-refractivity contribution < 1.29 is 0 Å². The molecule has 1 N–H and O–H groups in total. The lowest BCUT2D eigenvalue weighted by molar-refractivity contribution is 0.296. The summed E-state index contributed by atoms with van der Waals surface area (Å²) in [6.45, 7) is 8.21. The van der Waals surface area contributed by atoms with E-state index in [4.69, 9.17) is 0 Å². The van der Waals surface area contributed by atoms with E-state index in [-0.39, 0.29) is 0 Å². The minimum atomic E-state index is 0.527. The Labute approximate surface area is 83.3 Å². The highest BCUT2D eigenvalue weighted by atomic mass is 15.0. The van der Waals surface area contributed by atoms with Crippen LogP contribution in [0.3, 0.4) is 0 Å². The average Bonchev–Trinajstić information content (AvgIpc) is 2.51. The van der Waals surface area contributed by atoms with Crippen molar-refractivity contribution in [1.82, 2.24) is 5.32 Å². The van der Waals surface area contributed by atoms with E-state index in [9.17, 15) is 0 Å². The lowest BCUT2D eigenvalue weighted by Crippen LogP contribution is -2.39. The van der Waals surface area contributed by atoms with Crippen molar-refractivity contribution in [2.45, 2.75) is 64.8 Å². The van der Waals surface area contributed by atoms with Crippen LogP contribution in [-0.2, 0) is 0 Å². The van der Waals surface area contributed by atoms with Crippen molar-refractivity contribution in [3.63, 3.8) is 0 Å². The minimum Gasteiger partial charge on any atom is -0.311 e. The molecule has 0 radical (unpaired) electrons. The largest absolute Gasteiger partial charge is 0.311 e. The van der Waals surface area contributed by atoms with E-state index in [0.717, 1.165) is 5.92 Å². The van der Waals surface area contributed by atoms with Gasteiger partial charge < -0.3 is 5.32 Å². The van der Waals surface area contributed by atoms with Gasteiger partial charge in [0.15, 0.2) is 0 Å². The van der Waals surface area contributed by atoms with Gasteiger partial charge in [0, 0.05) is 5.54 Å². The molecule has 0 aromatic heterocycles. The molecule has 0 aromatic rings. The van der Waals surface area contributed by atoms with Gasteiger partial charge in [-0.2, -0.15) is 0 Å². The Hall–Kier alpha value is -0.0400. The standard InChI is InChI=1S/C12H25N/c1-4-7-12(8-5-10-13-12)9-6-11(2)3/h11,13H,4-10H2,1-3H3. The third-order valence-electron chi connectivity index (χ3n) is 3.26. The Morgan fingerprint density at radius 3 is 2.54 bits per heavy atom. The molecule has 1 nitrogen and oxygen atoms in total. The van der Waals surface area contributed by atoms with Crippen molar-refractivity contribution >= 4 is 0 Å². The Balaban J connectivity index is 2.37. The monoisotopic (exact) mass is 183 g/mol. The fourth-order valence-electron chi connectivity index (χ4n) is 2.46. The van der Waals surface area contributed by atoms with Crippen LogP contribution >= 0.6 is 0 Å². The van der Waals surface area contributed by atoms with E-state index in [0.29, 0.717) is 5.54 Å². The number of hydrogen-bond donors (Lipinski definition) is 1. The zero-order valence-electron chi connectivity index (χ0n) is 9.53. The summed E-state index contributed by atoms with van der Waals surface area (Å²) in [5.41, 5.74) is 0.527. The number of hydrogen-bond acceptors (Lipinski definition) is 1. The molecule has 0 aromatic carbocycles. The van der Waals surface area contributed by atoms with Gasteiger partial charge in [0.1, 0.15) is 0 Å². The van der Waals surface area contributed by atoms with Gasteiger partial charge in [-0.1, -0.05) is 27.2 Å². The van der Waals surface area contributed by atoms with E-state index in [1.54, 1.807) is 0 Å². The maximum atomic E-state index is 3.73. The summed E-state index contributed by atoms with van der Waals surface area (Å²) in [4.78, 5) is 0. The molecule has 1 unspecified atom stereocenters. The highest BCUT2D eigenvalue weighted by Crippen LogP contribution is 2.30. The highest BCUT2D eigenvalue weighted by molar-refractivity contribution is 4.92. The predicted molar refractivity (Wildman–Crippen MR) is 58.9 cm³/mol. The van der Waals surface area contributed by atoms with E-state index in [2.05, 4.69) is 26.1 Å². The van der Waals surface area contributed by atoms with Crippen LogP contribution in [0.1, 0.15) is 59.3 Å². The Morgan fingerprint density at radius 2 is 2.08 bits per heavy atom. The third kappa shape index (κ3) is 3.30. The van der Waals surface area contributed by atoms with Gasteiger partial charge in [0.2, 0.25) is 0 Å². The Kier molecular flexibility index (Phi) is 4.24. The first-order valence-corrected chi connectivity index (χ1v) is 5.93. The summed E-state index contributed by atoms with van der Waals surface area (Å²) in [6.07, 6.45) is 8.27. The van der Waals surface area contributed by atoms with Crippen LogP contribution < -0.4 is 5.32 Å². The third-order valence-corrected chi connectivity index (χ3v) is 3.26. The van der Waals surface area contributed by atoms with Crippen molar-refractivity contribution in [2.24, 2.45) is 5.92 Å². The molecule has 0 saturated carbocycles. The first-order valence-electron chi connectivity index (χ1n) is 5.93. The molecule has 1 heteroatoms. The van der Waals surface area contributed by atoms with E-state index in [1.807, 2.05) is 0 Å². The topological polar surface area (TPSA) is 12.0 Å². The van der Waals surface area contributed by atoms with Crippen LogP contribution in [0.4, 0.5) is 0 Å². The molecule has 0 spiro atoms. The van der Waals surface area contributed by atoms with Gasteiger partial charge in [-0.05, 0) is 44.6 Å². The molecular formula is C12H25N. The Bertz CT molecular complexity index is 134. The lowest BCUT2D eigenvalue weighted by Gasteiger charge is -2.30. The van der Waals surface area contributed by atoms with Gasteiger partial charge >= 0.3 is 0 Å². The van der Waals surface area contributed by atoms with Crippen LogP contribution in [-0.4, -0.2) is 12.1 Å². The second-order valence-corrected chi connectivity index (χ2v) is 4.99. The number of nitrogens with one attached hydrogen (secondary N) is 1. The SMILES string of the molecule is CCCC1(CCC(C)C)CCCN1. The molecule has 78 valence electrons. The van der Waals surface area contributed by atoms with Crippen molar-refractivity contribution in [1.29, 1.82) is 0 Å². The molecule has 0 aliphatic carbocycles. The fraction of sp³-hybridized carbons (Fsp3) is 1.00. The van der Waals surface area contributed by atoms with Gasteiger partial charge in [-0.3, -0.25) is 0 Å². The van der Waals surface area contributed by atoms with Gasteiger partial charge in [-0.15, -0.1) is 0 Å². The minimum absolute atomic E-state index is 0.527. The van der Waals surface area contributed by atoms with Gasteiger partial charge in [0.25, 0.3) is 0 Å². The fourth-order valence-corrected chi connectivity index (χ4v) is 2.46. The second-order valence-electron chi connectivity index (χ2n) is 4.99. The van der Waals surface area contributed by atoms with Crippen LogP contribution in [0.15, 0.2) is 0 Å². The van der Waals surface area contributed by atoms with Gasteiger partial charge in [0.05, 0.1) is 0 Å². The molecule has 1 rings (SSSR count). The van der Waals surface area contributed by atoms with Crippen molar-refractivity contribution in [3.05, 3.63) is 0 Å². The molecule has 1 aliphatic rings. The van der Waals surface area contributed by atoms with Crippen LogP contribution in [0.25, 0.3) is 0 Å². The molecule has 0 amide bonds. The number of rotatable bonds is 5. The van der Waals surface area contributed by atoms with Gasteiger partial charge in [-0.25, -0.2) is 0 Å². The molecule has 1 heterocycles. The normalized spacial score (nSPS) is 28.6. The summed E-state index contributed by atoms with van der Waals surface area (Å²) in [6, 6.07) is 0. The van der Waals surface area contributed by atoms with Crippen LogP contribution in [0.2, 0.25) is 0 Å². The van der Waals surface area contributed by atoms with E-state index >= 15 is 0 Å². The Morgan fingerprint density at radius 1 is 1.31 bits per heavy atom. The second kappa shape index (κ2) is 4.99. The first kappa shape index (κ1) is 11.0. The highest BCUT2D eigenvalue weighted by Gasteiger charge is 2.31.